The van der Waals surface area contributed by atoms with E-state index in [9.17, 15) is 9.59 Å². The summed E-state index contributed by atoms with van der Waals surface area (Å²) in [5, 5.41) is 0. The number of methoxy groups -OCH3 is 2. The number of rotatable bonds is 4. The molecule has 1 aromatic carbocycles. The van der Waals surface area contributed by atoms with E-state index in [0.717, 1.165) is 0 Å². The second-order valence-electron chi connectivity index (χ2n) is 5.84. The van der Waals surface area contributed by atoms with Crippen molar-refractivity contribution in [3.8, 4) is 11.5 Å². The highest BCUT2D eigenvalue weighted by Crippen LogP contribution is 2.54. The van der Waals surface area contributed by atoms with Gasteiger partial charge in [0.2, 0.25) is 12.2 Å². The van der Waals surface area contributed by atoms with E-state index in [1.807, 2.05) is 6.92 Å². The number of carbonyl (C=O) groups excluding carboxylic acids is 2. The minimum Gasteiger partial charge on any atom is -0.468 e. The van der Waals surface area contributed by atoms with Crippen LogP contribution in [0.3, 0.4) is 0 Å². The molecule has 134 valence electrons. The van der Waals surface area contributed by atoms with Crippen molar-refractivity contribution >= 4 is 11.9 Å². The molecule has 2 atom stereocenters. The molecular formula is C18H20O7. The monoisotopic (exact) mass is 348 g/mol. The highest BCUT2D eigenvalue weighted by molar-refractivity contribution is 6.05. The number of esters is 2. The molecule has 0 bridgehead atoms. The molecule has 0 aromatic heterocycles. The highest BCUT2D eigenvalue weighted by Gasteiger charge is 2.64. The molecule has 2 heterocycles. The van der Waals surface area contributed by atoms with Crippen LogP contribution in [0.5, 0.6) is 11.5 Å². The van der Waals surface area contributed by atoms with Crippen molar-refractivity contribution in [2.24, 2.45) is 5.41 Å². The first-order valence-corrected chi connectivity index (χ1v) is 7.91. The Bertz CT molecular complexity index is 708. The molecule has 0 radical (unpaired) electrons. The molecule has 2 aliphatic heterocycles. The lowest BCUT2D eigenvalue weighted by Gasteiger charge is -2.29. The molecule has 2 aliphatic rings. The zero-order valence-electron chi connectivity index (χ0n) is 14.4. The van der Waals surface area contributed by atoms with Gasteiger partial charge in [0.15, 0.2) is 11.5 Å². The fourth-order valence-corrected chi connectivity index (χ4v) is 3.40. The minimum absolute atomic E-state index is 0.119. The molecule has 1 aromatic rings. The number of hydrogen-bond acceptors (Lipinski definition) is 7. The van der Waals surface area contributed by atoms with E-state index in [2.05, 4.69) is 6.58 Å². The van der Waals surface area contributed by atoms with Gasteiger partial charge in [-0.3, -0.25) is 9.59 Å². The zero-order valence-corrected chi connectivity index (χ0v) is 14.4. The van der Waals surface area contributed by atoms with Crippen molar-refractivity contribution in [1.82, 2.24) is 0 Å². The van der Waals surface area contributed by atoms with Gasteiger partial charge >= 0.3 is 11.9 Å². The van der Waals surface area contributed by atoms with Crippen LogP contribution in [0.25, 0.3) is 0 Å². The van der Waals surface area contributed by atoms with E-state index in [1.165, 1.54) is 14.2 Å². The maximum Gasteiger partial charge on any atom is 0.330 e. The number of benzene rings is 1. The van der Waals surface area contributed by atoms with Crippen LogP contribution in [-0.2, 0) is 23.8 Å². The summed E-state index contributed by atoms with van der Waals surface area (Å²) < 4.78 is 26.6. The molecule has 25 heavy (non-hydrogen) atoms. The van der Waals surface area contributed by atoms with E-state index in [-0.39, 0.29) is 6.79 Å². The molecular weight excluding hydrogens is 328 g/mol. The summed E-state index contributed by atoms with van der Waals surface area (Å²) in [6.45, 7) is 5.97. The van der Waals surface area contributed by atoms with Crippen molar-refractivity contribution in [3.63, 3.8) is 0 Å². The lowest BCUT2D eigenvalue weighted by Crippen LogP contribution is -2.45. The molecule has 0 saturated carbocycles. The smallest absolute Gasteiger partial charge is 0.330 e. The quantitative estimate of drug-likeness (QED) is 0.468. The van der Waals surface area contributed by atoms with E-state index in [0.29, 0.717) is 29.1 Å². The number of hydrogen-bond donors (Lipinski definition) is 0. The normalized spacial score (nSPS) is 23.4. The molecule has 0 N–H and O–H groups in total. The summed E-state index contributed by atoms with van der Waals surface area (Å²) in [5.74, 6) is -0.407. The summed E-state index contributed by atoms with van der Waals surface area (Å²) >= 11 is 0. The maximum absolute atomic E-state index is 12.7. The first kappa shape index (κ1) is 17.3. The third-order valence-electron chi connectivity index (χ3n) is 4.67. The van der Waals surface area contributed by atoms with Crippen LogP contribution in [-0.4, -0.2) is 39.1 Å². The SMILES string of the molecule is C=C1C(CC)OC(c2ccc3c(c2)OCO3)C1(C(=O)OC)C(=O)OC. The van der Waals surface area contributed by atoms with Crippen molar-refractivity contribution < 1.29 is 33.3 Å². The molecule has 3 rings (SSSR count). The van der Waals surface area contributed by atoms with E-state index < -0.39 is 29.6 Å². The van der Waals surface area contributed by atoms with Gasteiger partial charge in [-0.1, -0.05) is 19.6 Å². The van der Waals surface area contributed by atoms with Gasteiger partial charge in [-0.05, 0) is 29.7 Å². The molecule has 0 spiro atoms. The second kappa shape index (κ2) is 6.40. The first-order valence-electron chi connectivity index (χ1n) is 7.91. The Hall–Kier alpha value is -2.54. The highest BCUT2D eigenvalue weighted by atomic mass is 16.7. The standard InChI is InChI=1S/C18H20O7/c1-5-12-10(2)18(16(19)21-3,17(20)22-4)15(25-12)11-6-7-13-14(8-11)24-9-23-13/h6-8,12,15H,2,5,9H2,1,3-4H3. The molecule has 0 amide bonds. The van der Waals surface area contributed by atoms with Crippen molar-refractivity contribution in [1.29, 1.82) is 0 Å². The molecule has 1 fully saturated rings. The number of carbonyl (C=O) groups is 2. The lowest BCUT2D eigenvalue weighted by molar-refractivity contribution is -0.171. The van der Waals surface area contributed by atoms with Crippen molar-refractivity contribution in [2.75, 3.05) is 21.0 Å². The van der Waals surface area contributed by atoms with E-state index in [4.69, 9.17) is 23.7 Å². The van der Waals surface area contributed by atoms with Gasteiger partial charge in [-0.2, -0.15) is 0 Å². The minimum atomic E-state index is -1.77. The first-order chi connectivity index (χ1) is 12.0. The molecule has 1 saturated heterocycles. The Morgan fingerprint density at radius 3 is 2.44 bits per heavy atom. The molecule has 7 heteroatoms. The van der Waals surface area contributed by atoms with Gasteiger partial charge in [0.1, 0.15) is 6.10 Å². The Morgan fingerprint density at radius 2 is 1.84 bits per heavy atom. The van der Waals surface area contributed by atoms with Crippen LogP contribution in [0, 0.1) is 5.41 Å². The lowest BCUT2D eigenvalue weighted by atomic mass is 9.73. The Balaban J connectivity index is 2.15. The largest absolute Gasteiger partial charge is 0.468 e. The molecule has 0 aliphatic carbocycles. The fraction of sp³-hybridized carbons (Fsp3) is 0.444. The van der Waals surface area contributed by atoms with Gasteiger partial charge < -0.3 is 23.7 Å². The molecule has 7 nitrogen and oxygen atoms in total. The average Bonchev–Trinajstić information content (AvgIpc) is 3.22. The van der Waals surface area contributed by atoms with Crippen LogP contribution in [0.4, 0.5) is 0 Å². The summed E-state index contributed by atoms with van der Waals surface area (Å²) in [7, 11) is 2.44. The van der Waals surface area contributed by atoms with Gasteiger partial charge in [0.05, 0.1) is 20.3 Å². The van der Waals surface area contributed by atoms with Crippen LogP contribution in [0.2, 0.25) is 0 Å². The average molecular weight is 348 g/mol. The van der Waals surface area contributed by atoms with Crippen LogP contribution >= 0.6 is 0 Å². The van der Waals surface area contributed by atoms with Gasteiger partial charge in [0.25, 0.3) is 0 Å². The Kier molecular flexibility index (Phi) is 4.43. The third-order valence-corrected chi connectivity index (χ3v) is 4.67. The topological polar surface area (TPSA) is 80.3 Å². The Morgan fingerprint density at radius 1 is 1.20 bits per heavy atom. The number of ether oxygens (including phenoxy) is 5. The Labute approximate surface area is 145 Å². The van der Waals surface area contributed by atoms with Gasteiger partial charge in [-0.15, -0.1) is 0 Å². The van der Waals surface area contributed by atoms with Gasteiger partial charge in [0, 0.05) is 0 Å². The number of fused-ring (bicyclic) bond motifs is 1. The second-order valence-corrected chi connectivity index (χ2v) is 5.84. The summed E-state index contributed by atoms with van der Waals surface area (Å²) in [6.07, 6.45) is -0.858. The van der Waals surface area contributed by atoms with E-state index >= 15 is 0 Å². The summed E-state index contributed by atoms with van der Waals surface area (Å²) in [6, 6.07) is 5.13. The summed E-state index contributed by atoms with van der Waals surface area (Å²) in [5.41, 5.74) is -0.855. The predicted octanol–water partition coefficient (Wildman–Crippen LogP) is 2.15. The molecule has 2 unspecified atom stereocenters. The predicted molar refractivity (Wildman–Crippen MR) is 86.1 cm³/mol. The summed E-state index contributed by atoms with van der Waals surface area (Å²) in [4.78, 5) is 25.4. The maximum atomic E-state index is 12.7. The zero-order chi connectivity index (χ0) is 18.2. The van der Waals surface area contributed by atoms with Crippen molar-refractivity contribution in [2.45, 2.75) is 25.6 Å². The van der Waals surface area contributed by atoms with Crippen LogP contribution in [0.15, 0.2) is 30.4 Å². The van der Waals surface area contributed by atoms with Crippen LogP contribution in [0.1, 0.15) is 25.0 Å². The van der Waals surface area contributed by atoms with Crippen molar-refractivity contribution in [3.05, 3.63) is 35.9 Å². The third kappa shape index (κ3) is 2.38. The van der Waals surface area contributed by atoms with Gasteiger partial charge in [-0.25, -0.2) is 0 Å². The van der Waals surface area contributed by atoms with E-state index in [1.54, 1.807) is 18.2 Å². The van der Waals surface area contributed by atoms with Crippen LogP contribution < -0.4 is 9.47 Å². The fourth-order valence-electron chi connectivity index (χ4n) is 3.40.